The highest BCUT2D eigenvalue weighted by atomic mass is 35.5. The van der Waals surface area contributed by atoms with Gasteiger partial charge in [-0.2, -0.15) is 5.10 Å². The number of carbonyl (C=O) groups is 1. The Morgan fingerprint density at radius 2 is 1.79 bits per heavy atom. The van der Waals surface area contributed by atoms with Crippen molar-refractivity contribution >= 4 is 50.5 Å². The van der Waals surface area contributed by atoms with Crippen LogP contribution in [0.3, 0.4) is 0 Å². The summed E-state index contributed by atoms with van der Waals surface area (Å²) in [5.41, 5.74) is 4.55. The van der Waals surface area contributed by atoms with Crippen LogP contribution in [0.15, 0.2) is 53.6 Å². The van der Waals surface area contributed by atoms with Crippen LogP contribution in [0.5, 0.6) is 0 Å². The molecule has 28 heavy (non-hydrogen) atoms. The molecule has 0 aliphatic rings. The Kier molecular flexibility index (Phi) is 7.86. The number of halogens is 2. The van der Waals surface area contributed by atoms with Gasteiger partial charge in [0, 0.05) is 5.71 Å². The van der Waals surface area contributed by atoms with Crippen LogP contribution < -0.4 is 9.73 Å². The third-order valence-electron chi connectivity index (χ3n) is 3.87. The van der Waals surface area contributed by atoms with Crippen LogP contribution in [0.2, 0.25) is 10.0 Å². The van der Waals surface area contributed by atoms with Gasteiger partial charge < -0.3 is 0 Å². The Morgan fingerprint density at radius 1 is 1.11 bits per heavy atom. The molecule has 0 aliphatic carbocycles. The van der Waals surface area contributed by atoms with Crippen molar-refractivity contribution < 1.29 is 13.2 Å². The van der Waals surface area contributed by atoms with Crippen molar-refractivity contribution in [3.05, 3.63) is 64.1 Å². The summed E-state index contributed by atoms with van der Waals surface area (Å²) >= 11 is 11.8. The molecule has 0 aliphatic heterocycles. The van der Waals surface area contributed by atoms with Gasteiger partial charge in [-0.3, -0.25) is 9.10 Å². The normalized spacial score (nSPS) is 11.9. The molecule has 9 heteroatoms. The van der Waals surface area contributed by atoms with E-state index in [9.17, 15) is 13.2 Å². The van der Waals surface area contributed by atoms with Crippen molar-refractivity contribution in [2.75, 3.05) is 17.1 Å². The van der Waals surface area contributed by atoms with Crippen molar-refractivity contribution in [2.45, 2.75) is 19.8 Å². The van der Waals surface area contributed by atoms with E-state index in [0.717, 1.165) is 22.7 Å². The predicted molar refractivity (Wildman–Crippen MR) is 115 cm³/mol. The number of hydrogen-bond donors (Lipinski definition) is 1. The molecule has 0 aromatic heterocycles. The molecular formula is C19H21Cl2N3O3S. The van der Waals surface area contributed by atoms with Gasteiger partial charge in [-0.25, -0.2) is 13.8 Å². The molecule has 2 aromatic carbocycles. The highest BCUT2D eigenvalue weighted by Gasteiger charge is 2.21. The average Bonchev–Trinajstić information content (AvgIpc) is 2.65. The summed E-state index contributed by atoms with van der Waals surface area (Å²) in [6.07, 6.45) is 2.48. The van der Waals surface area contributed by atoms with E-state index in [-0.39, 0.29) is 10.7 Å². The maximum Gasteiger partial charge on any atom is 0.260 e. The minimum atomic E-state index is -3.71. The monoisotopic (exact) mass is 441 g/mol. The molecule has 0 heterocycles. The molecule has 0 atom stereocenters. The molecule has 6 nitrogen and oxygen atoms in total. The molecule has 0 bridgehead atoms. The number of rotatable bonds is 8. The lowest BCUT2D eigenvalue weighted by molar-refractivity contribution is -0.119. The zero-order valence-corrected chi connectivity index (χ0v) is 17.9. The summed E-state index contributed by atoms with van der Waals surface area (Å²) in [5, 5.41) is 4.54. The number of sulfonamides is 1. The Labute approximate surface area is 175 Å². The van der Waals surface area contributed by atoms with E-state index in [2.05, 4.69) is 10.5 Å². The highest BCUT2D eigenvalue weighted by molar-refractivity contribution is 7.92. The van der Waals surface area contributed by atoms with Crippen LogP contribution in [-0.4, -0.2) is 32.8 Å². The van der Waals surface area contributed by atoms with Crippen molar-refractivity contribution in [1.29, 1.82) is 0 Å². The lowest BCUT2D eigenvalue weighted by Gasteiger charge is -2.21. The first-order valence-electron chi connectivity index (χ1n) is 8.45. The number of aryl methyl sites for hydroxylation is 1. The van der Waals surface area contributed by atoms with Crippen LogP contribution in [0.4, 0.5) is 5.69 Å². The number of nitrogens with zero attached hydrogens (tertiary/aromatic N) is 2. The van der Waals surface area contributed by atoms with Gasteiger partial charge >= 0.3 is 0 Å². The number of benzene rings is 2. The molecule has 2 aromatic rings. The predicted octanol–water partition coefficient (Wildman–Crippen LogP) is 3.88. The van der Waals surface area contributed by atoms with Crippen molar-refractivity contribution in [3.63, 3.8) is 0 Å². The maximum atomic E-state index is 12.2. The second-order valence-corrected chi connectivity index (χ2v) is 8.96. The van der Waals surface area contributed by atoms with E-state index in [1.165, 1.54) is 23.8 Å². The largest absolute Gasteiger partial charge is 0.271 e. The maximum absolute atomic E-state index is 12.2. The molecule has 0 saturated heterocycles. The number of hydrazone groups is 1. The lowest BCUT2D eigenvalue weighted by Crippen LogP contribution is -2.39. The zero-order chi connectivity index (χ0) is 20.7. The first-order valence-corrected chi connectivity index (χ1v) is 11.1. The summed E-state index contributed by atoms with van der Waals surface area (Å²) in [6.45, 7) is 1.38. The summed E-state index contributed by atoms with van der Waals surface area (Å²) < 4.78 is 25.1. The van der Waals surface area contributed by atoms with Gasteiger partial charge in [-0.1, -0.05) is 53.5 Å². The van der Waals surface area contributed by atoms with Crippen molar-refractivity contribution in [1.82, 2.24) is 5.43 Å². The van der Waals surface area contributed by atoms with Crippen LogP contribution in [0.25, 0.3) is 0 Å². The van der Waals surface area contributed by atoms with Crippen molar-refractivity contribution in [2.24, 2.45) is 5.10 Å². The number of carbonyl (C=O) groups excluding carboxylic acids is 1. The van der Waals surface area contributed by atoms with E-state index in [4.69, 9.17) is 23.2 Å². The lowest BCUT2D eigenvalue weighted by atomic mass is 10.1. The van der Waals surface area contributed by atoms with Gasteiger partial charge in [0.15, 0.2) is 0 Å². The fraction of sp³-hybridized carbons (Fsp3) is 0.263. The van der Waals surface area contributed by atoms with Crippen molar-refractivity contribution in [3.8, 4) is 0 Å². The number of nitrogens with one attached hydrogen (secondary N) is 1. The molecule has 0 fully saturated rings. The van der Waals surface area contributed by atoms with Crippen LogP contribution in [0, 0.1) is 0 Å². The van der Waals surface area contributed by atoms with Crippen LogP contribution in [0.1, 0.15) is 18.9 Å². The standard InChI is InChI=1S/C19H21Cl2N3O3S/c1-14(8-9-15-6-4-3-5-7-15)22-23-19(25)13-24(28(2,26)27)16-10-11-17(20)18(21)12-16/h3-7,10-12H,8-9,13H2,1-2H3,(H,23,25)/b22-14+. The van der Waals surface area contributed by atoms with Gasteiger partial charge in [0.2, 0.25) is 10.0 Å². The Morgan fingerprint density at radius 3 is 2.39 bits per heavy atom. The van der Waals surface area contributed by atoms with Gasteiger partial charge in [-0.15, -0.1) is 0 Å². The smallest absolute Gasteiger partial charge is 0.260 e. The highest BCUT2D eigenvalue weighted by Crippen LogP contribution is 2.28. The molecule has 1 N–H and O–H groups in total. The Hall–Kier alpha value is -2.09. The van der Waals surface area contributed by atoms with Crippen LogP contribution in [-0.2, 0) is 21.2 Å². The summed E-state index contributed by atoms with van der Waals surface area (Å²) in [7, 11) is -3.71. The van der Waals surface area contributed by atoms with Crippen LogP contribution >= 0.6 is 23.2 Å². The number of hydrogen-bond acceptors (Lipinski definition) is 4. The molecule has 150 valence electrons. The number of anilines is 1. The molecule has 0 spiro atoms. The summed E-state index contributed by atoms with van der Waals surface area (Å²) in [4.78, 5) is 12.2. The molecule has 1 amide bonds. The quantitative estimate of drug-likeness (QED) is 0.498. The molecular weight excluding hydrogens is 421 g/mol. The van der Waals surface area contributed by atoms with Gasteiger partial charge in [0.25, 0.3) is 5.91 Å². The van der Waals surface area contributed by atoms with Gasteiger partial charge in [-0.05, 0) is 43.5 Å². The van der Waals surface area contributed by atoms with E-state index in [1.807, 2.05) is 30.3 Å². The minimum Gasteiger partial charge on any atom is -0.271 e. The van der Waals surface area contributed by atoms with E-state index < -0.39 is 22.5 Å². The second-order valence-electron chi connectivity index (χ2n) is 6.24. The molecule has 0 saturated carbocycles. The van der Waals surface area contributed by atoms with E-state index >= 15 is 0 Å². The molecule has 0 radical (unpaired) electrons. The third-order valence-corrected chi connectivity index (χ3v) is 5.75. The topological polar surface area (TPSA) is 78.8 Å². The SMILES string of the molecule is C/C(CCc1ccccc1)=N\NC(=O)CN(c1ccc(Cl)c(Cl)c1)S(C)(=O)=O. The zero-order valence-electron chi connectivity index (χ0n) is 15.5. The molecule has 2 rings (SSSR count). The number of amides is 1. The first kappa shape index (κ1) is 22.2. The third kappa shape index (κ3) is 6.82. The van der Waals surface area contributed by atoms with Gasteiger partial charge in [0.05, 0.1) is 22.0 Å². The van der Waals surface area contributed by atoms with Gasteiger partial charge in [0.1, 0.15) is 6.54 Å². The second kappa shape index (κ2) is 9.91. The molecule has 0 unspecified atom stereocenters. The summed E-state index contributed by atoms with van der Waals surface area (Å²) in [6, 6.07) is 14.3. The average molecular weight is 442 g/mol. The Bertz CT molecular complexity index is 964. The van der Waals surface area contributed by atoms with E-state index in [1.54, 1.807) is 6.92 Å². The minimum absolute atomic E-state index is 0.197. The summed E-state index contributed by atoms with van der Waals surface area (Å²) in [5.74, 6) is -0.560. The van der Waals surface area contributed by atoms with E-state index in [0.29, 0.717) is 11.4 Å². The Balaban J connectivity index is 2.00. The fourth-order valence-electron chi connectivity index (χ4n) is 2.39. The fourth-order valence-corrected chi connectivity index (χ4v) is 3.53. The first-order chi connectivity index (χ1) is 13.2.